The number of nitrogens with zero attached hydrogens (tertiary/aromatic N) is 3. The minimum Gasteiger partial charge on any atom is -0.438 e. The number of hydrogen-bond acceptors (Lipinski definition) is 11. The van der Waals surface area contributed by atoms with Gasteiger partial charge in [-0.1, -0.05) is 24.3 Å². The minimum absolute atomic E-state index is 0.0522. The van der Waals surface area contributed by atoms with Crippen molar-refractivity contribution in [2.45, 2.75) is 95.5 Å². The maximum atomic E-state index is 14.8. The Morgan fingerprint density at radius 2 is 1.74 bits per heavy atom. The first-order valence-corrected chi connectivity index (χ1v) is 19.2. The molecule has 54 heavy (non-hydrogen) atoms. The van der Waals surface area contributed by atoms with Gasteiger partial charge in [-0.05, 0) is 94.3 Å². The van der Waals surface area contributed by atoms with Crippen LogP contribution < -0.4 is 16.4 Å². The second-order valence-corrected chi connectivity index (χ2v) is 14.7. The van der Waals surface area contributed by atoms with Gasteiger partial charge in [0.2, 0.25) is 0 Å². The molecule has 0 saturated carbocycles. The maximum absolute atomic E-state index is 14.8. The summed E-state index contributed by atoms with van der Waals surface area (Å²) in [7, 11) is 0. The minimum atomic E-state index is -1.18. The predicted molar refractivity (Wildman–Crippen MR) is 199 cm³/mol. The highest BCUT2D eigenvalue weighted by Crippen LogP contribution is 2.30. The fourth-order valence-electron chi connectivity index (χ4n) is 8.54. The molecule has 3 fully saturated rings. The van der Waals surface area contributed by atoms with Gasteiger partial charge in [-0.2, -0.15) is 0 Å². The largest absolute Gasteiger partial charge is 0.508 e. The van der Waals surface area contributed by atoms with E-state index in [9.17, 15) is 24.0 Å². The van der Waals surface area contributed by atoms with E-state index in [4.69, 9.17) is 18.6 Å². The van der Waals surface area contributed by atoms with Crippen LogP contribution in [0.5, 0.6) is 0 Å². The van der Waals surface area contributed by atoms with Gasteiger partial charge < -0.3 is 39.1 Å². The molecule has 4 aliphatic rings. The van der Waals surface area contributed by atoms with Gasteiger partial charge in [0.1, 0.15) is 6.10 Å². The van der Waals surface area contributed by atoms with Gasteiger partial charge in [-0.3, -0.25) is 14.7 Å². The monoisotopic (exact) mass is 746 g/mol. The number of carbonyl (C=O) groups excluding carboxylic acids is 4. The second kappa shape index (κ2) is 16.6. The van der Waals surface area contributed by atoms with E-state index in [2.05, 4.69) is 20.5 Å². The standard InChI is InChI=1S/C39H50N6O9/c1-3-51-39(50)52-29-13-19-44(27-8-14-40-15-9-27)31(23-29)35(46)33(22-25-20-24(2)34-32(21-25)53-37(48)42-34)54-38(49)43-16-11-28(12-17-43)45-18-10-26-6-4-5-7-30(26)41-36(45)47/h4-7,20-21,27-29,31,33,40H,3,8-19,22-23H2,1-2H3,(H,41,47)(H,42,48)/t29?,31?,33-/m1/s1. The van der Waals surface area contributed by atoms with Crippen LogP contribution in [0.2, 0.25) is 0 Å². The summed E-state index contributed by atoms with van der Waals surface area (Å²) in [5.41, 5.74) is 4.26. The lowest BCUT2D eigenvalue weighted by atomic mass is 9.88. The lowest BCUT2D eigenvalue weighted by Gasteiger charge is -2.44. The zero-order valence-electron chi connectivity index (χ0n) is 31.0. The number of hydrogen-bond donors (Lipinski definition) is 3. The molecule has 3 N–H and O–H groups in total. The van der Waals surface area contributed by atoms with E-state index in [0.29, 0.717) is 62.1 Å². The van der Waals surface area contributed by atoms with Gasteiger partial charge in [0, 0.05) is 56.8 Å². The number of urea groups is 1. The summed E-state index contributed by atoms with van der Waals surface area (Å²) < 4.78 is 22.2. The molecule has 290 valence electrons. The predicted octanol–water partition coefficient (Wildman–Crippen LogP) is 4.36. The molecule has 0 bridgehead atoms. The van der Waals surface area contributed by atoms with Crippen LogP contribution in [0.3, 0.4) is 0 Å². The number of fused-ring (bicyclic) bond motifs is 2. The summed E-state index contributed by atoms with van der Waals surface area (Å²) in [5.74, 6) is -0.856. The van der Waals surface area contributed by atoms with Gasteiger partial charge in [0.05, 0.1) is 18.2 Å². The molecular formula is C39H50N6O9. The van der Waals surface area contributed by atoms with Crippen LogP contribution in [0.4, 0.5) is 20.1 Å². The Balaban J connectivity index is 1.09. The Morgan fingerprint density at radius 3 is 2.52 bits per heavy atom. The zero-order chi connectivity index (χ0) is 37.8. The van der Waals surface area contributed by atoms with Crippen LogP contribution in [0.1, 0.15) is 62.1 Å². The number of oxazole rings is 1. The summed E-state index contributed by atoms with van der Waals surface area (Å²) in [6.45, 7) is 7.21. The van der Waals surface area contributed by atoms with Crippen molar-refractivity contribution in [2.75, 3.05) is 51.2 Å². The Kier molecular flexibility index (Phi) is 11.5. The quantitative estimate of drug-likeness (QED) is 0.266. The smallest absolute Gasteiger partial charge is 0.438 e. The molecular weight excluding hydrogens is 696 g/mol. The summed E-state index contributed by atoms with van der Waals surface area (Å²) in [5, 5.41) is 6.42. The van der Waals surface area contributed by atoms with Crippen molar-refractivity contribution >= 4 is 40.9 Å². The molecule has 3 aromatic rings. The average molecular weight is 747 g/mol. The van der Waals surface area contributed by atoms with E-state index >= 15 is 0 Å². The molecule has 0 spiro atoms. The SMILES string of the molecule is CCOC(=O)OC1CCN(C2CCNCC2)C(C(=O)[C@@H](Cc2cc(C)c3[nH]c(=O)oc3c2)OC(=O)N2CCC(N3CCc4ccccc4NC3=O)CC2)C1. The van der Waals surface area contributed by atoms with E-state index in [1.54, 1.807) is 17.9 Å². The fraction of sp³-hybridized carbons (Fsp3) is 0.564. The van der Waals surface area contributed by atoms with Crippen molar-refractivity contribution in [3.63, 3.8) is 0 Å². The van der Waals surface area contributed by atoms with Gasteiger partial charge >= 0.3 is 24.0 Å². The van der Waals surface area contributed by atoms with Crippen molar-refractivity contribution in [1.29, 1.82) is 0 Å². The van der Waals surface area contributed by atoms with Gasteiger partial charge in [-0.25, -0.2) is 19.2 Å². The number of H-pyrrole nitrogens is 1. The number of carbonyl (C=O) groups is 4. The molecule has 3 saturated heterocycles. The van der Waals surface area contributed by atoms with Gasteiger partial charge in [-0.15, -0.1) is 0 Å². The molecule has 4 aliphatic heterocycles. The topological polar surface area (TPSA) is 176 Å². The summed E-state index contributed by atoms with van der Waals surface area (Å²) in [6.07, 6.45) is 1.35. The number of Topliss-reactive ketones (excluding diaryl/α,β-unsaturated/α-hetero) is 1. The number of likely N-dealkylation sites (tertiary alicyclic amines) is 2. The normalized spacial score (nSPS) is 22.2. The van der Waals surface area contributed by atoms with Crippen LogP contribution in [0, 0.1) is 6.92 Å². The lowest BCUT2D eigenvalue weighted by Crippen LogP contribution is -2.58. The third kappa shape index (κ3) is 8.41. The average Bonchev–Trinajstić information content (AvgIpc) is 3.47. The molecule has 2 unspecified atom stereocenters. The van der Waals surface area contributed by atoms with Crippen molar-refractivity contribution in [3.05, 3.63) is 63.6 Å². The molecule has 1 aromatic heterocycles. The van der Waals surface area contributed by atoms with E-state index < -0.39 is 36.3 Å². The Bertz CT molecular complexity index is 1900. The highest BCUT2D eigenvalue weighted by molar-refractivity contribution is 5.92. The summed E-state index contributed by atoms with van der Waals surface area (Å²) in [4.78, 5) is 74.7. The van der Waals surface area contributed by atoms with Gasteiger partial charge in [0.25, 0.3) is 0 Å². The first-order chi connectivity index (χ1) is 26.2. The highest BCUT2D eigenvalue weighted by Gasteiger charge is 2.43. The number of ether oxygens (including phenoxy) is 3. The number of amides is 3. The molecule has 7 rings (SSSR count). The van der Waals surface area contributed by atoms with Crippen molar-refractivity contribution in [3.8, 4) is 0 Å². The second-order valence-electron chi connectivity index (χ2n) is 14.7. The Labute approximate surface area is 313 Å². The third-order valence-corrected chi connectivity index (χ3v) is 11.3. The molecule has 3 amide bonds. The molecule has 0 aliphatic carbocycles. The van der Waals surface area contributed by atoms with Crippen molar-refractivity contribution < 1.29 is 37.8 Å². The number of aryl methyl sites for hydroxylation is 1. The van der Waals surface area contributed by atoms with Crippen LogP contribution in [0.25, 0.3) is 11.1 Å². The summed E-state index contributed by atoms with van der Waals surface area (Å²) >= 11 is 0. The fourth-order valence-corrected chi connectivity index (χ4v) is 8.54. The molecule has 3 atom stereocenters. The lowest BCUT2D eigenvalue weighted by molar-refractivity contribution is -0.139. The third-order valence-electron chi connectivity index (χ3n) is 11.3. The Morgan fingerprint density at radius 1 is 0.963 bits per heavy atom. The molecule has 0 radical (unpaired) electrons. The van der Waals surface area contributed by atoms with Crippen LogP contribution in [0.15, 0.2) is 45.6 Å². The molecule has 15 heteroatoms. The number of para-hydroxylation sites is 1. The van der Waals surface area contributed by atoms with Gasteiger partial charge in [0.15, 0.2) is 17.5 Å². The molecule has 15 nitrogen and oxygen atoms in total. The van der Waals surface area contributed by atoms with E-state index in [0.717, 1.165) is 49.2 Å². The molecule has 5 heterocycles. The number of ketones is 1. The highest BCUT2D eigenvalue weighted by atomic mass is 16.7. The molecule has 2 aromatic carbocycles. The number of aromatic amines is 1. The summed E-state index contributed by atoms with van der Waals surface area (Å²) in [6, 6.07) is 10.6. The first kappa shape index (κ1) is 37.4. The van der Waals surface area contributed by atoms with Crippen molar-refractivity contribution in [2.24, 2.45) is 0 Å². The number of benzene rings is 2. The number of aromatic nitrogens is 1. The van der Waals surface area contributed by atoms with Crippen molar-refractivity contribution in [1.82, 2.24) is 25.0 Å². The first-order valence-electron chi connectivity index (χ1n) is 19.2. The number of anilines is 1. The van der Waals surface area contributed by atoms with Crippen LogP contribution in [-0.2, 0) is 31.8 Å². The zero-order valence-corrected chi connectivity index (χ0v) is 31.0. The van der Waals surface area contributed by atoms with E-state index in [1.807, 2.05) is 42.2 Å². The van der Waals surface area contributed by atoms with Crippen LogP contribution in [-0.4, -0.2) is 120 Å². The number of nitrogens with one attached hydrogen (secondary N) is 3. The Hall–Kier alpha value is -4.89. The van der Waals surface area contributed by atoms with E-state index in [-0.39, 0.29) is 43.3 Å². The van der Waals surface area contributed by atoms with E-state index in [1.165, 1.54) is 0 Å². The maximum Gasteiger partial charge on any atom is 0.508 e. The number of piperidine rings is 3. The number of rotatable bonds is 9. The van der Waals surface area contributed by atoms with Crippen LogP contribution >= 0.6 is 0 Å².